The molecule has 3 aromatic heterocycles. The van der Waals surface area contributed by atoms with E-state index in [0.717, 1.165) is 28.5 Å². The SMILES string of the molecule is Cc1nc(C)n(CCc2cc(=O)n3[nH]cc(-c4ccccc4)c3n2)n1. The lowest BCUT2D eigenvalue weighted by Crippen LogP contribution is -2.17. The summed E-state index contributed by atoms with van der Waals surface area (Å²) in [5.74, 6) is 1.61. The molecule has 4 aromatic rings. The molecule has 7 heteroatoms. The number of rotatable bonds is 4. The van der Waals surface area contributed by atoms with Crippen molar-refractivity contribution in [3.63, 3.8) is 0 Å². The van der Waals surface area contributed by atoms with Crippen molar-refractivity contribution in [2.75, 3.05) is 0 Å². The van der Waals surface area contributed by atoms with Crippen LogP contribution in [0.2, 0.25) is 0 Å². The Morgan fingerprint density at radius 2 is 1.92 bits per heavy atom. The van der Waals surface area contributed by atoms with E-state index in [2.05, 4.69) is 15.2 Å². The highest BCUT2D eigenvalue weighted by Gasteiger charge is 2.11. The van der Waals surface area contributed by atoms with E-state index in [1.54, 1.807) is 6.07 Å². The molecule has 0 unspecified atom stereocenters. The standard InChI is InChI=1S/C18H18N6O/c1-12-20-13(2)23(22-12)9-8-15-10-17(25)24-18(21-15)16(11-19-24)14-6-4-3-5-7-14/h3-7,10-11,19H,8-9H2,1-2H3. The Hall–Kier alpha value is -3.22. The van der Waals surface area contributed by atoms with Gasteiger partial charge >= 0.3 is 0 Å². The van der Waals surface area contributed by atoms with Crippen molar-refractivity contribution in [2.24, 2.45) is 0 Å². The van der Waals surface area contributed by atoms with E-state index >= 15 is 0 Å². The highest BCUT2D eigenvalue weighted by atomic mass is 16.1. The maximum atomic E-state index is 12.4. The number of nitrogens with one attached hydrogen (secondary N) is 1. The van der Waals surface area contributed by atoms with Crippen LogP contribution in [0.4, 0.5) is 0 Å². The second kappa shape index (κ2) is 6.01. The van der Waals surface area contributed by atoms with Crippen LogP contribution in [0, 0.1) is 13.8 Å². The summed E-state index contributed by atoms with van der Waals surface area (Å²) in [5, 5.41) is 7.34. The Kier molecular flexibility index (Phi) is 3.68. The zero-order chi connectivity index (χ0) is 17.4. The Morgan fingerprint density at radius 3 is 2.64 bits per heavy atom. The summed E-state index contributed by atoms with van der Waals surface area (Å²) in [4.78, 5) is 21.4. The lowest BCUT2D eigenvalue weighted by atomic mass is 10.1. The fraction of sp³-hybridized carbons (Fsp3) is 0.222. The van der Waals surface area contributed by atoms with Crippen molar-refractivity contribution in [1.82, 2.24) is 29.4 Å². The van der Waals surface area contributed by atoms with Crippen molar-refractivity contribution in [1.29, 1.82) is 0 Å². The van der Waals surface area contributed by atoms with Crippen LogP contribution >= 0.6 is 0 Å². The van der Waals surface area contributed by atoms with Gasteiger partial charge in [0, 0.05) is 30.8 Å². The molecule has 7 nitrogen and oxygen atoms in total. The highest BCUT2D eigenvalue weighted by Crippen LogP contribution is 2.22. The van der Waals surface area contributed by atoms with E-state index in [1.165, 1.54) is 4.52 Å². The fourth-order valence-corrected chi connectivity index (χ4v) is 2.98. The predicted octanol–water partition coefficient (Wildman–Crippen LogP) is 2.14. The van der Waals surface area contributed by atoms with E-state index in [-0.39, 0.29) is 5.56 Å². The molecule has 0 aliphatic rings. The molecule has 0 amide bonds. The predicted molar refractivity (Wildman–Crippen MR) is 94.4 cm³/mol. The number of fused-ring (bicyclic) bond motifs is 1. The molecule has 25 heavy (non-hydrogen) atoms. The van der Waals surface area contributed by atoms with Crippen molar-refractivity contribution < 1.29 is 0 Å². The van der Waals surface area contributed by atoms with Gasteiger partial charge in [-0.15, -0.1) is 0 Å². The van der Waals surface area contributed by atoms with Crippen molar-refractivity contribution in [3.8, 4) is 11.1 Å². The number of benzene rings is 1. The normalized spacial score (nSPS) is 11.3. The number of nitrogens with zero attached hydrogens (tertiary/aromatic N) is 5. The molecular formula is C18H18N6O. The molecule has 0 bridgehead atoms. The van der Waals surface area contributed by atoms with Crippen LogP contribution in [-0.4, -0.2) is 29.4 Å². The lowest BCUT2D eigenvalue weighted by molar-refractivity contribution is 0.585. The summed E-state index contributed by atoms with van der Waals surface area (Å²) in [6.07, 6.45) is 2.43. The first-order valence-corrected chi connectivity index (χ1v) is 8.15. The summed E-state index contributed by atoms with van der Waals surface area (Å²) in [6.45, 7) is 4.43. The average Bonchev–Trinajstić information content (AvgIpc) is 3.17. The summed E-state index contributed by atoms with van der Waals surface area (Å²) in [7, 11) is 0. The fourth-order valence-electron chi connectivity index (χ4n) is 2.98. The van der Waals surface area contributed by atoms with Gasteiger partial charge in [-0.25, -0.2) is 19.2 Å². The minimum atomic E-state index is -0.117. The molecule has 0 aliphatic heterocycles. The maximum absolute atomic E-state index is 12.4. The molecular weight excluding hydrogens is 316 g/mol. The first kappa shape index (κ1) is 15.3. The molecule has 3 heterocycles. The quantitative estimate of drug-likeness (QED) is 0.620. The largest absolute Gasteiger partial charge is 0.296 e. The Morgan fingerprint density at radius 1 is 1.12 bits per heavy atom. The van der Waals surface area contributed by atoms with E-state index in [1.807, 2.05) is 55.1 Å². The molecule has 0 radical (unpaired) electrons. The van der Waals surface area contributed by atoms with E-state index < -0.39 is 0 Å². The van der Waals surface area contributed by atoms with Gasteiger partial charge in [-0.3, -0.25) is 9.89 Å². The first-order valence-electron chi connectivity index (χ1n) is 8.15. The molecule has 4 rings (SSSR count). The number of aryl methyl sites for hydroxylation is 4. The third-order valence-electron chi connectivity index (χ3n) is 4.18. The third kappa shape index (κ3) is 2.84. The van der Waals surface area contributed by atoms with Gasteiger partial charge in [0.1, 0.15) is 11.6 Å². The highest BCUT2D eigenvalue weighted by molar-refractivity contribution is 5.76. The number of hydrogen-bond acceptors (Lipinski definition) is 4. The second-order valence-corrected chi connectivity index (χ2v) is 5.98. The summed E-state index contributed by atoms with van der Waals surface area (Å²) in [5.41, 5.74) is 3.20. The van der Waals surface area contributed by atoms with Crippen LogP contribution in [0.5, 0.6) is 0 Å². The van der Waals surface area contributed by atoms with Crippen molar-refractivity contribution in [3.05, 3.63) is 70.3 Å². The van der Waals surface area contributed by atoms with Gasteiger partial charge in [0.15, 0.2) is 5.65 Å². The van der Waals surface area contributed by atoms with Gasteiger partial charge in [-0.1, -0.05) is 30.3 Å². The lowest BCUT2D eigenvalue weighted by Gasteiger charge is -2.04. The molecule has 0 spiro atoms. The number of H-pyrrole nitrogens is 1. The summed E-state index contributed by atoms with van der Waals surface area (Å²) in [6, 6.07) is 11.5. The first-order chi connectivity index (χ1) is 12.1. The molecule has 0 saturated carbocycles. The molecule has 0 aliphatic carbocycles. The Bertz CT molecular complexity index is 1090. The van der Waals surface area contributed by atoms with Gasteiger partial charge in [0.2, 0.25) is 0 Å². The smallest absolute Gasteiger partial charge is 0.272 e. The topological polar surface area (TPSA) is 80.9 Å². The summed E-state index contributed by atoms with van der Waals surface area (Å²) >= 11 is 0. The van der Waals surface area contributed by atoms with Crippen LogP contribution in [0.15, 0.2) is 47.4 Å². The van der Waals surface area contributed by atoms with E-state index in [4.69, 9.17) is 4.98 Å². The van der Waals surface area contributed by atoms with Crippen molar-refractivity contribution >= 4 is 5.65 Å². The average molecular weight is 334 g/mol. The van der Waals surface area contributed by atoms with Crippen LogP contribution in [0.3, 0.4) is 0 Å². The molecule has 0 fully saturated rings. The number of hydrogen-bond donors (Lipinski definition) is 1. The minimum absolute atomic E-state index is 0.117. The zero-order valence-electron chi connectivity index (χ0n) is 14.1. The zero-order valence-corrected chi connectivity index (χ0v) is 14.1. The maximum Gasteiger partial charge on any atom is 0.272 e. The van der Waals surface area contributed by atoms with Crippen LogP contribution < -0.4 is 5.56 Å². The van der Waals surface area contributed by atoms with Gasteiger partial charge < -0.3 is 0 Å². The molecule has 126 valence electrons. The Labute approximate surface area is 144 Å². The van der Waals surface area contributed by atoms with Gasteiger partial charge in [0.05, 0.1) is 5.69 Å². The third-order valence-corrected chi connectivity index (χ3v) is 4.18. The van der Waals surface area contributed by atoms with Gasteiger partial charge in [-0.05, 0) is 19.4 Å². The van der Waals surface area contributed by atoms with E-state index in [0.29, 0.717) is 18.6 Å². The second-order valence-electron chi connectivity index (χ2n) is 5.98. The number of aromatic nitrogens is 6. The Balaban J connectivity index is 1.71. The van der Waals surface area contributed by atoms with E-state index in [9.17, 15) is 4.79 Å². The number of aromatic amines is 1. The molecule has 0 atom stereocenters. The van der Waals surface area contributed by atoms with Crippen LogP contribution in [-0.2, 0) is 13.0 Å². The van der Waals surface area contributed by atoms with Crippen LogP contribution in [0.25, 0.3) is 16.8 Å². The van der Waals surface area contributed by atoms with Gasteiger partial charge in [-0.2, -0.15) is 5.10 Å². The van der Waals surface area contributed by atoms with Crippen LogP contribution in [0.1, 0.15) is 17.3 Å². The molecule has 0 saturated heterocycles. The van der Waals surface area contributed by atoms with Gasteiger partial charge in [0.25, 0.3) is 5.56 Å². The minimum Gasteiger partial charge on any atom is -0.296 e. The van der Waals surface area contributed by atoms with Crippen molar-refractivity contribution in [2.45, 2.75) is 26.8 Å². The summed E-state index contributed by atoms with van der Waals surface area (Å²) < 4.78 is 3.31. The molecule has 1 N–H and O–H groups in total. The molecule has 1 aromatic carbocycles. The monoisotopic (exact) mass is 334 g/mol.